The Morgan fingerprint density at radius 3 is 2.63 bits per heavy atom. The summed E-state index contributed by atoms with van der Waals surface area (Å²) in [6, 6.07) is 15.7. The molecule has 1 heterocycles. The third-order valence-electron chi connectivity index (χ3n) is 4.88. The molecule has 1 aromatic heterocycles. The lowest BCUT2D eigenvalue weighted by atomic mass is 10.2. The van der Waals surface area contributed by atoms with Crippen LogP contribution in [0.2, 0.25) is 5.02 Å². The predicted octanol–water partition coefficient (Wildman–Crippen LogP) is 4.64. The van der Waals surface area contributed by atoms with Crippen LogP contribution in [0, 0.1) is 6.92 Å². The monoisotopic (exact) mass is 443 g/mol. The van der Waals surface area contributed by atoms with Crippen LogP contribution in [0.5, 0.6) is 0 Å². The number of nitrogens with one attached hydrogen (secondary N) is 1. The summed E-state index contributed by atoms with van der Waals surface area (Å²) in [5.74, 6) is 0.995. The lowest BCUT2D eigenvalue weighted by molar-refractivity contribution is -0.113. The van der Waals surface area contributed by atoms with Crippen LogP contribution in [0.25, 0.3) is 0 Å². The number of carbonyl (C=O) groups excluding carboxylic acids is 1. The molecule has 0 radical (unpaired) electrons. The first kappa shape index (κ1) is 22.3. The van der Waals surface area contributed by atoms with Gasteiger partial charge in [-0.3, -0.25) is 9.69 Å². The van der Waals surface area contributed by atoms with Crippen LogP contribution in [-0.4, -0.2) is 45.4 Å². The zero-order valence-corrected chi connectivity index (χ0v) is 19.2. The molecule has 0 aliphatic carbocycles. The zero-order chi connectivity index (χ0) is 21.7. The summed E-state index contributed by atoms with van der Waals surface area (Å²) in [6.07, 6.45) is 0. The van der Waals surface area contributed by atoms with E-state index >= 15 is 0 Å². The van der Waals surface area contributed by atoms with Crippen molar-refractivity contribution in [2.75, 3.05) is 25.2 Å². The molecule has 158 valence electrons. The van der Waals surface area contributed by atoms with E-state index in [0.29, 0.717) is 11.6 Å². The van der Waals surface area contributed by atoms with E-state index in [1.807, 2.05) is 45.3 Å². The quantitative estimate of drug-likeness (QED) is 0.514. The molecule has 6 nitrogen and oxygen atoms in total. The second-order valence-electron chi connectivity index (χ2n) is 7.35. The maximum absolute atomic E-state index is 12.5. The number of rotatable bonds is 8. The van der Waals surface area contributed by atoms with Crippen LogP contribution in [0.1, 0.15) is 29.9 Å². The number of thioether (sulfide) groups is 1. The van der Waals surface area contributed by atoms with E-state index in [2.05, 4.69) is 44.0 Å². The van der Waals surface area contributed by atoms with E-state index in [1.165, 1.54) is 11.8 Å². The van der Waals surface area contributed by atoms with Crippen molar-refractivity contribution in [1.82, 2.24) is 19.7 Å². The number of anilines is 1. The van der Waals surface area contributed by atoms with Crippen LogP contribution in [0.4, 0.5) is 5.69 Å². The third kappa shape index (κ3) is 5.62. The van der Waals surface area contributed by atoms with Gasteiger partial charge in [-0.1, -0.05) is 59.8 Å². The molecule has 1 atom stereocenters. The van der Waals surface area contributed by atoms with Crippen molar-refractivity contribution in [2.45, 2.75) is 31.6 Å². The standard InChI is InChI=1S/C22H26ClN5OS/c1-15-10-11-18(23)12-19(15)24-20(29)14-30-22-26-25-21(16(2)27(3)4)28(22)13-17-8-6-5-7-9-17/h5-12,16H,13-14H2,1-4H3,(H,24,29)/t16-/m0/s1. The Balaban J connectivity index is 1.76. The van der Waals surface area contributed by atoms with E-state index in [1.54, 1.807) is 12.1 Å². The van der Waals surface area contributed by atoms with Gasteiger partial charge in [0.05, 0.1) is 18.3 Å². The molecule has 0 aliphatic rings. The smallest absolute Gasteiger partial charge is 0.234 e. The summed E-state index contributed by atoms with van der Waals surface area (Å²) in [5.41, 5.74) is 2.85. The largest absolute Gasteiger partial charge is 0.325 e. The minimum absolute atomic E-state index is 0.0958. The molecule has 0 saturated heterocycles. The van der Waals surface area contributed by atoms with Gasteiger partial charge in [0.15, 0.2) is 11.0 Å². The molecule has 0 saturated carbocycles. The van der Waals surface area contributed by atoms with Crippen molar-refractivity contribution in [2.24, 2.45) is 0 Å². The van der Waals surface area contributed by atoms with E-state index in [4.69, 9.17) is 11.6 Å². The topological polar surface area (TPSA) is 63.1 Å². The van der Waals surface area contributed by atoms with Gasteiger partial charge >= 0.3 is 0 Å². The van der Waals surface area contributed by atoms with Crippen molar-refractivity contribution in [3.63, 3.8) is 0 Å². The first-order chi connectivity index (χ1) is 14.3. The fourth-order valence-corrected chi connectivity index (χ4v) is 3.82. The number of halogens is 1. The Hall–Kier alpha value is -2.35. The van der Waals surface area contributed by atoms with Crippen molar-refractivity contribution >= 4 is 35.0 Å². The Morgan fingerprint density at radius 2 is 1.93 bits per heavy atom. The van der Waals surface area contributed by atoms with Crippen molar-refractivity contribution in [1.29, 1.82) is 0 Å². The van der Waals surface area contributed by atoms with Gasteiger partial charge in [0.2, 0.25) is 5.91 Å². The molecular weight excluding hydrogens is 418 g/mol. The first-order valence-corrected chi connectivity index (χ1v) is 11.0. The number of amides is 1. The molecule has 3 rings (SSSR count). The highest BCUT2D eigenvalue weighted by Gasteiger charge is 2.20. The predicted molar refractivity (Wildman–Crippen MR) is 123 cm³/mol. The molecule has 0 spiro atoms. The summed E-state index contributed by atoms with van der Waals surface area (Å²) in [5, 5.41) is 13.0. The fraction of sp³-hybridized carbons (Fsp3) is 0.318. The molecule has 1 N–H and O–H groups in total. The maximum Gasteiger partial charge on any atom is 0.234 e. The molecule has 2 aromatic carbocycles. The number of aryl methyl sites for hydroxylation is 1. The van der Waals surface area contributed by atoms with Crippen LogP contribution in [-0.2, 0) is 11.3 Å². The average molecular weight is 444 g/mol. The lowest BCUT2D eigenvalue weighted by Crippen LogP contribution is -2.21. The minimum atomic E-state index is -0.109. The maximum atomic E-state index is 12.5. The van der Waals surface area contributed by atoms with Gasteiger partial charge in [0.1, 0.15) is 0 Å². The summed E-state index contributed by atoms with van der Waals surface area (Å²) in [7, 11) is 4.03. The molecule has 3 aromatic rings. The normalized spacial score (nSPS) is 12.2. The van der Waals surface area contributed by atoms with E-state index < -0.39 is 0 Å². The highest BCUT2D eigenvalue weighted by molar-refractivity contribution is 7.99. The molecule has 30 heavy (non-hydrogen) atoms. The Morgan fingerprint density at radius 1 is 1.20 bits per heavy atom. The van der Waals surface area contributed by atoms with Gasteiger partial charge in [0, 0.05) is 10.7 Å². The van der Waals surface area contributed by atoms with Crippen LogP contribution in [0.15, 0.2) is 53.7 Å². The summed E-state index contributed by atoms with van der Waals surface area (Å²) in [4.78, 5) is 14.6. The summed E-state index contributed by atoms with van der Waals surface area (Å²) < 4.78 is 2.09. The average Bonchev–Trinajstić information content (AvgIpc) is 3.11. The van der Waals surface area contributed by atoms with Gasteiger partial charge in [-0.05, 0) is 51.2 Å². The zero-order valence-electron chi connectivity index (χ0n) is 17.6. The first-order valence-electron chi connectivity index (χ1n) is 9.67. The van der Waals surface area contributed by atoms with Crippen molar-refractivity contribution in [3.8, 4) is 0 Å². The Kier molecular flexibility index (Phi) is 7.53. The van der Waals surface area contributed by atoms with Gasteiger partial charge in [-0.2, -0.15) is 0 Å². The van der Waals surface area contributed by atoms with Crippen molar-refractivity contribution < 1.29 is 4.79 Å². The van der Waals surface area contributed by atoms with Crippen LogP contribution < -0.4 is 5.32 Å². The van der Waals surface area contributed by atoms with Crippen LogP contribution >= 0.6 is 23.4 Å². The van der Waals surface area contributed by atoms with E-state index in [9.17, 15) is 4.79 Å². The second-order valence-corrected chi connectivity index (χ2v) is 8.73. The van der Waals surface area contributed by atoms with Gasteiger partial charge in [0.25, 0.3) is 0 Å². The van der Waals surface area contributed by atoms with E-state index in [-0.39, 0.29) is 17.7 Å². The molecule has 0 fully saturated rings. The van der Waals surface area contributed by atoms with Crippen LogP contribution in [0.3, 0.4) is 0 Å². The highest BCUT2D eigenvalue weighted by atomic mass is 35.5. The molecule has 8 heteroatoms. The van der Waals surface area contributed by atoms with Gasteiger partial charge < -0.3 is 9.88 Å². The molecule has 0 aliphatic heterocycles. The number of carbonyl (C=O) groups is 1. The minimum Gasteiger partial charge on any atom is -0.325 e. The highest BCUT2D eigenvalue weighted by Crippen LogP contribution is 2.25. The third-order valence-corrected chi connectivity index (χ3v) is 6.09. The number of hydrogen-bond donors (Lipinski definition) is 1. The van der Waals surface area contributed by atoms with Gasteiger partial charge in [-0.25, -0.2) is 0 Å². The SMILES string of the molecule is Cc1ccc(Cl)cc1NC(=O)CSc1nnc([C@H](C)N(C)C)n1Cc1ccccc1. The summed E-state index contributed by atoms with van der Waals surface area (Å²) in [6.45, 7) is 4.68. The summed E-state index contributed by atoms with van der Waals surface area (Å²) >= 11 is 7.43. The second kappa shape index (κ2) is 10.1. The Bertz CT molecular complexity index is 1010. The molecular formula is C22H26ClN5OS. The number of nitrogens with zero attached hydrogens (tertiary/aromatic N) is 4. The molecule has 0 bridgehead atoms. The molecule has 0 unspecified atom stereocenters. The van der Waals surface area contributed by atoms with E-state index in [0.717, 1.165) is 27.8 Å². The van der Waals surface area contributed by atoms with Crippen molar-refractivity contribution in [3.05, 3.63) is 70.5 Å². The number of aromatic nitrogens is 3. The Labute approximate surface area is 186 Å². The van der Waals surface area contributed by atoms with Gasteiger partial charge in [-0.15, -0.1) is 10.2 Å². The fourth-order valence-electron chi connectivity index (χ4n) is 2.91. The number of hydrogen-bond acceptors (Lipinski definition) is 5. The molecule has 1 amide bonds. The number of benzene rings is 2. The lowest BCUT2D eigenvalue weighted by Gasteiger charge is -2.20.